The average molecular weight is 465 g/mol. The van der Waals surface area contributed by atoms with Crippen LogP contribution in [-0.4, -0.2) is 20.9 Å². The summed E-state index contributed by atoms with van der Waals surface area (Å²) in [7, 11) is -3.95. The number of aryl methyl sites for hydroxylation is 4. The highest BCUT2D eigenvalue weighted by Crippen LogP contribution is 2.29. The van der Waals surface area contributed by atoms with Crippen LogP contribution in [0.4, 0.5) is 5.69 Å². The molecule has 0 saturated heterocycles. The van der Waals surface area contributed by atoms with Crippen molar-refractivity contribution in [3.05, 3.63) is 94.0 Å². The molecule has 1 N–H and O–H groups in total. The van der Waals surface area contributed by atoms with Crippen molar-refractivity contribution in [3.63, 3.8) is 0 Å². The number of sulfonamides is 1. The van der Waals surface area contributed by atoms with Crippen LogP contribution < -0.4 is 9.62 Å². The Bertz CT molecular complexity index is 1270. The first-order valence-corrected chi connectivity index (χ1v) is 12.5. The summed E-state index contributed by atoms with van der Waals surface area (Å²) in [6.45, 7) is 11.3. The number of rotatable bonds is 7. The van der Waals surface area contributed by atoms with Gasteiger partial charge < -0.3 is 5.32 Å². The molecular weight excluding hydrogens is 432 g/mol. The minimum Gasteiger partial charge on any atom is -0.348 e. The lowest BCUT2D eigenvalue weighted by molar-refractivity contribution is -0.120. The fraction of sp³-hybridized carbons (Fsp3) is 0.296. The molecule has 0 aromatic heterocycles. The highest BCUT2D eigenvalue weighted by molar-refractivity contribution is 7.92. The second-order valence-corrected chi connectivity index (χ2v) is 10.6. The molecule has 6 heteroatoms. The molecule has 3 aromatic rings. The third kappa shape index (κ3) is 5.45. The molecule has 0 aliphatic carbocycles. The molecule has 0 saturated carbocycles. The van der Waals surface area contributed by atoms with Crippen LogP contribution in [0.15, 0.2) is 65.6 Å². The van der Waals surface area contributed by atoms with Crippen molar-refractivity contribution in [2.45, 2.75) is 52.5 Å². The van der Waals surface area contributed by atoms with E-state index in [4.69, 9.17) is 0 Å². The Morgan fingerprint density at radius 1 is 0.879 bits per heavy atom. The lowest BCUT2D eigenvalue weighted by Gasteiger charge is -2.27. The van der Waals surface area contributed by atoms with Gasteiger partial charge in [0.25, 0.3) is 10.0 Å². The Kier molecular flexibility index (Phi) is 7.28. The highest BCUT2D eigenvalue weighted by Gasteiger charge is 2.29. The lowest BCUT2D eigenvalue weighted by Crippen LogP contribution is -2.42. The summed E-state index contributed by atoms with van der Waals surface area (Å²) in [6, 6.07) is 18.0. The summed E-state index contributed by atoms with van der Waals surface area (Å²) >= 11 is 0. The number of amides is 1. The third-order valence-corrected chi connectivity index (χ3v) is 7.79. The largest absolute Gasteiger partial charge is 0.348 e. The maximum Gasteiger partial charge on any atom is 0.264 e. The zero-order valence-electron chi connectivity index (χ0n) is 20.1. The molecule has 33 heavy (non-hydrogen) atoms. The molecule has 174 valence electrons. The first-order valence-electron chi connectivity index (χ1n) is 11.0. The molecule has 0 aliphatic rings. The van der Waals surface area contributed by atoms with Crippen molar-refractivity contribution in [1.29, 1.82) is 0 Å². The van der Waals surface area contributed by atoms with Gasteiger partial charge in [-0.05, 0) is 82.0 Å². The van der Waals surface area contributed by atoms with Crippen molar-refractivity contribution in [2.75, 3.05) is 10.8 Å². The van der Waals surface area contributed by atoms with Gasteiger partial charge in [-0.15, -0.1) is 0 Å². The van der Waals surface area contributed by atoms with Crippen LogP contribution in [-0.2, 0) is 14.8 Å². The molecule has 3 rings (SSSR count). The van der Waals surface area contributed by atoms with Crippen LogP contribution in [0.3, 0.4) is 0 Å². The molecule has 0 radical (unpaired) electrons. The van der Waals surface area contributed by atoms with Crippen LogP contribution in [0.5, 0.6) is 0 Å². The Hall–Kier alpha value is -3.12. The monoisotopic (exact) mass is 464 g/mol. The highest BCUT2D eigenvalue weighted by atomic mass is 32.2. The van der Waals surface area contributed by atoms with Crippen LogP contribution in [0, 0.1) is 34.6 Å². The van der Waals surface area contributed by atoms with Crippen LogP contribution >= 0.6 is 0 Å². The lowest BCUT2D eigenvalue weighted by atomic mass is 10.00. The van der Waals surface area contributed by atoms with E-state index < -0.39 is 10.0 Å². The van der Waals surface area contributed by atoms with E-state index in [0.717, 1.165) is 33.4 Å². The van der Waals surface area contributed by atoms with Crippen molar-refractivity contribution in [2.24, 2.45) is 0 Å². The molecule has 0 bridgehead atoms. The fourth-order valence-electron chi connectivity index (χ4n) is 3.86. The third-order valence-electron chi connectivity index (χ3n) is 6.02. The minimum absolute atomic E-state index is 0.157. The van der Waals surface area contributed by atoms with Gasteiger partial charge in [-0.25, -0.2) is 8.42 Å². The summed E-state index contributed by atoms with van der Waals surface area (Å²) in [4.78, 5) is 13.3. The zero-order valence-corrected chi connectivity index (χ0v) is 21.0. The Morgan fingerprint density at radius 3 is 2.18 bits per heavy atom. The van der Waals surface area contributed by atoms with E-state index in [1.54, 1.807) is 30.3 Å². The van der Waals surface area contributed by atoms with E-state index in [2.05, 4.69) is 5.32 Å². The SMILES string of the molecule is Cc1ccc(S(=O)(=O)N(CC(=O)NC(C)c2cc(C)ccc2C)c2cccc(C)c2C)cc1. The minimum atomic E-state index is -3.95. The fourth-order valence-corrected chi connectivity index (χ4v) is 5.34. The van der Waals surface area contributed by atoms with Gasteiger partial charge in [-0.3, -0.25) is 9.10 Å². The number of carbonyl (C=O) groups excluding carboxylic acids is 1. The van der Waals surface area contributed by atoms with E-state index in [9.17, 15) is 13.2 Å². The first kappa shape index (κ1) is 24.5. The van der Waals surface area contributed by atoms with Gasteiger partial charge in [0.2, 0.25) is 5.91 Å². The van der Waals surface area contributed by atoms with Gasteiger partial charge in [0.05, 0.1) is 16.6 Å². The van der Waals surface area contributed by atoms with E-state index in [-0.39, 0.29) is 23.4 Å². The van der Waals surface area contributed by atoms with Crippen LogP contribution in [0.25, 0.3) is 0 Å². The van der Waals surface area contributed by atoms with Gasteiger partial charge in [0.1, 0.15) is 6.54 Å². The predicted molar refractivity (Wildman–Crippen MR) is 134 cm³/mol. The summed E-state index contributed by atoms with van der Waals surface area (Å²) < 4.78 is 28.5. The molecule has 1 unspecified atom stereocenters. The number of nitrogens with zero attached hydrogens (tertiary/aromatic N) is 1. The van der Waals surface area contributed by atoms with Gasteiger partial charge in [-0.1, -0.05) is 53.6 Å². The second kappa shape index (κ2) is 9.79. The predicted octanol–water partition coefficient (Wildman–Crippen LogP) is 5.30. The standard InChI is InChI=1S/C27H32N2O3S/c1-18-11-14-24(15-12-18)33(31,32)29(26-9-7-8-20(3)22(26)5)17-27(30)28-23(6)25-16-19(2)10-13-21(25)4/h7-16,23H,17H2,1-6H3,(H,28,30). The molecule has 0 heterocycles. The number of nitrogens with one attached hydrogen (secondary N) is 1. The topological polar surface area (TPSA) is 66.5 Å². The van der Waals surface area contributed by atoms with Crippen molar-refractivity contribution in [3.8, 4) is 0 Å². The molecule has 1 amide bonds. The molecule has 0 fully saturated rings. The molecule has 3 aromatic carbocycles. The molecular formula is C27H32N2O3S. The van der Waals surface area contributed by atoms with E-state index >= 15 is 0 Å². The number of hydrogen-bond donors (Lipinski definition) is 1. The number of anilines is 1. The Labute approximate surface area is 197 Å². The maximum absolute atomic E-state index is 13.6. The zero-order chi connectivity index (χ0) is 24.3. The normalized spacial score (nSPS) is 12.3. The molecule has 0 aliphatic heterocycles. The van der Waals surface area contributed by atoms with Crippen LogP contribution in [0.1, 0.15) is 46.3 Å². The smallest absolute Gasteiger partial charge is 0.264 e. The Morgan fingerprint density at radius 2 is 1.52 bits per heavy atom. The Balaban J connectivity index is 1.96. The van der Waals surface area contributed by atoms with Crippen LogP contribution in [0.2, 0.25) is 0 Å². The van der Waals surface area contributed by atoms with Gasteiger partial charge in [0, 0.05) is 0 Å². The number of benzene rings is 3. The molecule has 5 nitrogen and oxygen atoms in total. The molecule has 1 atom stereocenters. The summed E-state index contributed by atoms with van der Waals surface area (Å²) in [5.74, 6) is -0.361. The average Bonchev–Trinajstić information content (AvgIpc) is 2.76. The second-order valence-electron chi connectivity index (χ2n) is 8.69. The van der Waals surface area contributed by atoms with E-state index in [1.165, 1.54) is 4.31 Å². The van der Waals surface area contributed by atoms with Gasteiger partial charge in [0.15, 0.2) is 0 Å². The van der Waals surface area contributed by atoms with E-state index in [1.807, 2.05) is 71.9 Å². The number of hydrogen-bond acceptors (Lipinski definition) is 3. The summed E-state index contributed by atoms with van der Waals surface area (Å²) in [5, 5.41) is 2.99. The van der Waals surface area contributed by atoms with Crippen molar-refractivity contribution < 1.29 is 13.2 Å². The van der Waals surface area contributed by atoms with E-state index in [0.29, 0.717) is 5.69 Å². The van der Waals surface area contributed by atoms with Crippen molar-refractivity contribution >= 4 is 21.6 Å². The van der Waals surface area contributed by atoms with Crippen molar-refractivity contribution in [1.82, 2.24) is 5.32 Å². The van der Waals surface area contributed by atoms with Gasteiger partial charge in [-0.2, -0.15) is 0 Å². The maximum atomic E-state index is 13.6. The summed E-state index contributed by atoms with van der Waals surface area (Å²) in [6.07, 6.45) is 0. The quantitative estimate of drug-likeness (QED) is 0.516. The first-order chi connectivity index (χ1) is 15.5. The molecule has 0 spiro atoms. The number of carbonyl (C=O) groups is 1. The van der Waals surface area contributed by atoms with Gasteiger partial charge >= 0.3 is 0 Å². The summed E-state index contributed by atoms with van der Waals surface area (Å²) in [5.41, 5.74) is 6.45.